The van der Waals surface area contributed by atoms with Gasteiger partial charge in [0.1, 0.15) is 11.3 Å². The van der Waals surface area contributed by atoms with Crippen molar-refractivity contribution in [3.8, 4) is 5.75 Å². The number of rotatable bonds is 1. The Labute approximate surface area is 93.2 Å². The lowest BCUT2D eigenvalue weighted by Crippen LogP contribution is -2.40. The van der Waals surface area contributed by atoms with Gasteiger partial charge in [0.2, 0.25) is 5.12 Å². The summed E-state index contributed by atoms with van der Waals surface area (Å²) in [7, 11) is 1.63. The summed E-state index contributed by atoms with van der Waals surface area (Å²) in [6, 6.07) is 5.68. The lowest BCUT2D eigenvalue weighted by molar-refractivity contribution is -0.114. The van der Waals surface area contributed by atoms with Crippen molar-refractivity contribution < 1.29 is 9.53 Å². The Morgan fingerprint density at radius 2 is 2.13 bits per heavy atom. The zero-order chi connectivity index (χ0) is 11.1. The van der Waals surface area contributed by atoms with Crippen LogP contribution in [0.1, 0.15) is 13.8 Å². The van der Waals surface area contributed by atoms with Crippen molar-refractivity contribution in [2.45, 2.75) is 24.3 Å². The minimum absolute atomic E-state index is 0.139. The molecule has 0 fully saturated rings. The van der Waals surface area contributed by atoms with Crippen LogP contribution in [0.5, 0.6) is 5.75 Å². The first-order chi connectivity index (χ1) is 7.03. The van der Waals surface area contributed by atoms with Gasteiger partial charge in [-0.3, -0.25) is 4.79 Å². The summed E-state index contributed by atoms with van der Waals surface area (Å²) in [6.45, 7) is 3.76. The van der Waals surface area contributed by atoms with E-state index in [1.807, 2.05) is 32.0 Å². The average molecular weight is 223 g/mol. The van der Waals surface area contributed by atoms with E-state index in [4.69, 9.17) is 4.74 Å². The summed E-state index contributed by atoms with van der Waals surface area (Å²) in [5, 5.41) is 3.35. The Balaban J connectivity index is 2.42. The van der Waals surface area contributed by atoms with Crippen LogP contribution in [0.4, 0.5) is 5.69 Å². The van der Waals surface area contributed by atoms with Crippen molar-refractivity contribution in [2.24, 2.45) is 0 Å². The molecule has 0 aromatic heterocycles. The smallest absolute Gasteiger partial charge is 0.218 e. The number of nitrogens with one attached hydrogen (secondary N) is 1. The number of fused-ring (bicyclic) bond motifs is 1. The molecule has 15 heavy (non-hydrogen) atoms. The number of hydrogen-bond acceptors (Lipinski definition) is 4. The fourth-order valence-corrected chi connectivity index (χ4v) is 2.30. The highest BCUT2D eigenvalue weighted by Crippen LogP contribution is 2.39. The normalized spacial score (nSPS) is 17.9. The van der Waals surface area contributed by atoms with E-state index in [1.165, 1.54) is 11.8 Å². The second kappa shape index (κ2) is 3.45. The van der Waals surface area contributed by atoms with Gasteiger partial charge in [-0.2, -0.15) is 0 Å². The highest BCUT2D eigenvalue weighted by molar-refractivity contribution is 8.14. The van der Waals surface area contributed by atoms with Crippen LogP contribution < -0.4 is 10.1 Å². The van der Waals surface area contributed by atoms with Crippen LogP contribution in [0.2, 0.25) is 0 Å². The Bertz CT molecular complexity index is 415. The largest absolute Gasteiger partial charge is 0.497 e. The number of hydrogen-bond donors (Lipinski definition) is 1. The first-order valence-electron chi connectivity index (χ1n) is 4.71. The molecule has 0 amide bonds. The van der Waals surface area contributed by atoms with Gasteiger partial charge < -0.3 is 10.1 Å². The number of methoxy groups -OCH3 is 1. The lowest BCUT2D eigenvalue weighted by atomic mass is 10.1. The van der Waals surface area contributed by atoms with Crippen LogP contribution in [0.15, 0.2) is 23.1 Å². The van der Waals surface area contributed by atoms with Gasteiger partial charge in [-0.25, -0.2) is 0 Å². The van der Waals surface area contributed by atoms with E-state index in [1.54, 1.807) is 7.11 Å². The Kier molecular flexibility index (Phi) is 2.38. The van der Waals surface area contributed by atoms with Crippen molar-refractivity contribution >= 4 is 22.6 Å². The average Bonchev–Trinajstić information content (AvgIpc) is 2.18. The van der Waals surface area contributed by atoms with Gasteiger partial charge in [-0.15, -0.1) is 0 Å². The van der Waals surface area contributed by atoms with Gasteiger partial charge >= 0.3 is 0 Å². The molecule has 4 heteroatoms. The molecule has 80 valence electrons. The van der Waals surface area contributed by atoms with Crippen LogP contribution in [0.25, 0.3) is 0 Å². The van der Waals surface area contributed by atoms with Gasteiger partial charge in [0.15, 0.2) is 0 Å². The molecule has 2 rings (SSSR count). The number of carbonyl (C=O) groups excluding carboxylic acids is 1. The number of carbonyl (C=O) groups is 1. The number of thioether (sulfide) groups is 1. The zero-order valence-electron chi connectivity index (χ0n) is 8.96. The molecule has 0 unspecified atom stereocenters. The molecule has 1 N–H and O–H groups in total. The van der Waals surface area contributed by atoms with Crippen LogP contribution in [0.3, 0.4) is 0 Å². The first kappa shape index (κ1) is 10.4. The summed E-state index contributed by atoms with van der Waals surface area (Å²) in [5.74, 6) is 0.798. The highest BCUT2D eigenvalue weighted by atomic mass is 32.2. The van der Waals surface area contributed by atoms with E-state index in [-0.39, 0.29) is 5.12 Å². The summed E-state index contributed by atoms with van der Waals surface area (Å²) >= 11 is 1.28. The van der Waals surface area contributed by atoms with Gasteiger partial charge in [0.25, 0.3) is 0 Å². The van der Waals surface area contributed by atoms with Gasteiger partial charge in [0.05, 0.1) is 12.8 Å². The summed E-state index contributed by atoms with van der Waals surface area (Å²) in [4.78, 5) is 12.7. The van der Waals surface area contributed by atoms with Gasteiger partial charge in [-0.1, -0.05) is 0 Å². The molecule has 0 spiro atoms. The van der Waals surface area contributed by atoms with Crippen molar-refractivity contribution in [1.82, 2.24) is 0 Å². The molecule has 0 bridgehead atoms. The maximum atomic E-state index is 11.7. The number of ether oxygens (including phenoxy) is 1. The van der Waals surface area contributed by atoms with E-state index in [0.29, 0.717) is 0 Å². The predicted octanol–water partition coefficient (Wildman–Crippen LogP) is 2.52. The van der Waals surface area contributed by atoms with Crippen LogP contribution in [0, 0.1) is 0 Å². The molecule has 1 aliphatic heterocycles. The topological polar surface area (TPSA) is 38.3 Å². The van der Waals surface area contributed by atoms with Crippen LogP contribution in [-0.4, -0.2) is 17.8 Å². The Morgan fingerprint density at radius 1 is 1.40 bits per heavy atom. The molecule has 1 aliphatic rings. The molecular formula is C11H13NO2S. The summed E-state index contributed by atoms with van der Waals surface area (Å²) in [6.07, 6.45) is 0. The lowest BCUT2D eigenvalue weighted by Gasteiger charge is -2.31. The molecule has 3 nitrogen and oxygen atoms in total. The van der Waals surface area contributed by atoms with Crippen LogP contribution >= 0.6 is 11.8 Å². The fourth-order valence-electron chi connectivity index (χ4n) is 1.44. The van der Waals surface area contributed by atoms with Crippen LogP contribution in [-0.2, 0) is 4.79 Å². The van der Waals surface area contributed by atoms with Crippen molar-refractivity contribution in [2.75, 3.05) is 12.4 Å². The van der Waals surface area contributed by atoms with E-state index in [2.05, 4.69) is 5.32 Å². The molecule has 0 aliphatic carbocycles. The third kappa shape index (κ3) is 1.81. The minimum Gasteiger partial charge on any atom is -0.497 e. The molecule has 1 aromatic carbocycles. The third-order valence-electron chi connectivity index (χ3n) is 2.35. The SMILES string of the molecule is COc1ccc2c(c1)NC(C)(C)C(=O)S2. The first-order valence-corrected chi connectivity index (χ1v) is 5.53. The monoisotopic (exact) mass is 223 g/mol. The molecule has 0 atom stereocenters. The van der Waals surface area contributed by atoms with E-state index < -0.39 is 5.54 Å². The quantitative estimate of drug-likeness (QED) is 0.794. The molecule has 1 aromatic rings. The number of anilines is 1. The number of benzene rings is 1. The summed E-state index contributed by atoms with van der Waals surface area (Å²) < 4.78 is 5.14. The van der Waals surface area contributed by atoms with Crippen molar-refractivity contribution in [1.29, 1.82) is 0 Å². The van der Waals surface area contributed by atoms with Gasteiger partial charge in [0, 0.05) is 11.0 Å². The zero-order valence-corrected chi connectivity index (χ0v) is 9.77. The van der Waals surface area contributed by atoms with E-state index in [0.717, 1.165) is 16.3 Å². The third-order valence-corrected chi connectivity index (χ3v) is 3.62. The second-order valence-electron chi connectivity index (χ2n) is 4.00. The Hall–Kier alpha value is -1.16. The summed E-state index contributed by atoms with van der Waals surface area (Å²) in [5.41, 5.74) is 0.452. The Morgan fingerprint density at radius 3 is 2.80 bits per heavy atom. The van der Waals surface area contributed by atoms with Gasteiger partial charge in [-0.05, 0) is 37.7 Å². The fraction of sp³-hybridized carbons (Fsp3) is 0.364. The van der Waals surface area contributed by atoms with Crippen molar-refractivity contribution in [3.05, 3.63) is 18.2 Å². The standard InChI is InChI=1S/C11H13NO2S/c1-11(2)10(13)15-9-5-4-7(14-3)6-8(9)12-11/h4-6,12H,1-3H3. The maximum absolute atomic E-state index is 11.7. The van der Waals surface area contributed by atoms with Crippen molar-refractivity contribution in [3.63, 3.8) is 0 Å². The molecular weight excluding hydrogens is 210 g/mol. The molecule has 1 heterocycles. The highest BCUT2D eigenvalue weighted by Gasteiger charge is 2.33. The predicted molar refractivity (Wildman–Crippen MR) is 61.6 cm³/mol. The van der Waals surface area contributed by atoms with E-state index in [9.17, 15) is 4.79 Å². The molecule has 0 radical (unpaired) electrons. The molecule has 0 saturated carbocycles. The minimum atomic E-state index is -0.510. The molecule has 0 saturated heterocycles. The second-order valence-corrected chi connectivity index (χ2v) is 5.02. The van der Waals surface area contributed by atoms with E-state index >= 15 is 0 Å². The maximum Gasteiger partial charge on any atom is 0.218 e.